The van der Waals surface area contributed by atoms with Crippen molar-refractivity contribution in [2.24, 2.45) is 5.73 Å². The van der Waals surface area contributed by atoms with Crippen LogP contribution in [0.4, 0.5) is 0 Å². The summed E-state index contributed by atoms with van der Waals surface area (Å²) in [5.74, 6) is 0.665. The number of rotatable bonds is 5. The minimum Gasteiger partial charge on any atom is -0.381 e. The van der Waals surface area contributed by atoms with Crippen molar-refractivity contribution in [3.05, 3.63) is 0 Å². The summed E-state index contributed by atoms with van der Waals surface area (Å²) in [7, 11) is -0.743. The summed E-state index contributed by atoms with van der Waals surface area (Å²) in [6.07, 6.45) is 3.93. The highest BCUT2D eigenvalue weighted by Crippen LogP contribution is 2.14. The average molecular weight is 219 g/mol. The van der Waals surface area contributed by atoms with E-state index in [-0.39, 0.29) is 6.04 Å². The molecule has 1 saturated heterocycles. The minimum absolute atomic E-state index is 0.115. The van der Waals surface area contributed by atoms with Crippen LogP contribution in [0.1, 0.15) is 32.6 Å². The molecule has 1 aliphatic heterocycles. The van der Waals surface area contributed by atoms with E-state index in [1.807, 2.05) is 0 Å². The highest BCUT2D eigenvalue weighted by Gasteiger charge is 2.21. The van der Waals surface area contributed by atoms with Crippen LogP contribution in [0.5, 0.6) is 0 Å². The molecule has 4 heteroatoms. The van der Waals surface area contributed by atoms with E-state index in [9.17, 15) is 4.21 Å². The Kier molecular flexibility index (Phi) is 5.67. The molecule has 2 atom stereocenters. The zero-order chi connectivity index (χ0) is 10.4. The van der Waals surface area contributed by atoms with Crippen LogP contribution in [0, 0.1) is 0 Å². The zero-order valence-corrected chi connectivity index (χ0v) is 9.72. The lowest BCUT2D eigenvalue weighted by molar-refractivity contribution is 0.0992. The third kappa shape index (κ3) is 4.07. The number of nitrogens with two attached hydrogens (primary N) is 1. The van der Waals surface area contributed by atoms with Crippen LogP contribution in [0.3, 0.4) is 0 Å². The van der Waals surface area contributed by atoms with Crippen LogP contribution >= 0.6 is 0 Å². The molecule has 84 valence electrons. The van der Waals surface area contributed by atoms with Crippen LogP contribution in [0.25, 0.3) is 0 Å². The molecule has 0 aliphatic carbocycles. The van der Waals surface area contributed by atoms with E-state index in [1.165, 1.54) is 0 Å². The first kappa shape index (κ1) is 12.1. The molecule has 14 heavy (non-hydrogen) atoms. The molecule has 2 N–H and O–H groups in total. The van der Waals surface area contributed by atoms with Gasteiger partial charge in [-0.05, 0) is 19.3 Å². The SMILES string of the molecule is CCCC(N)CS(=O)C1CCOCC1. The molecule has 3 nitrogen and oxygen atoms in total. The third-order valence-electron chi connectivity index (χ3n) is 2.58. The van der Waals surface area contributed by atoms with Crippen LogP contribution in [0.2, 0.25) is 0 Å². The highest BCUT2D eigenvalue weighted by molar-refractivity contribution is 7.85. The van der Waals surface area contributed by atoms with Gasteiger partial charge in [-0.25, -0.2) is 0 Å². The fraction of sp³-hybridized carbons (Fsp3) is 1.00. The van der Waals surface area contributed by atoms with Gasteiger partial charge in [-0.15, -0.1) is 0 Å². The van der Waals surface area contributed by atoms with Gasteiger partial charge in [0, 0.05) is 41.1 Å². The first-order chi connectivity index (χ1) is 6.74. The molecule has 1 aliphatic rings. The maximum absolute atomic E-state index is 11.9. The Hall–Kier alpha value is 0.0700. The first-order valence-corrected chi connectivity index (χ1v) is 6.82. The Balaban J connectivity index is 2.25. The Morgan fingerprint density at radius 1 is 1.50 bits per heavy atom. The highest BCUT2D eigenvalue weighted by atomic mass is 32.2. The summed E-state index contributed by atoms with van der Waals surface area (Å²) in [5, 5.41) is 0.326. The number of hydrogen-bond acceptors (Lipinski definition) is 3. The van der Waals surface area contributed by atoms with Crippen molar-refractivity contribution in [1.29, 1.82) is 0 Å². The van der Waals surface area contributed by atoms with E-state index in [0.29, 0.717) is 11.0 Å². The molecular formula is C10H21NO2S. The molecule has 0 spiro atoms. The minimum atomic E-state index is -0.743. The van der Waals surface area contributed by atoms with Crippen molar-refractivity contribution in [1.82, 2.24) is 0 Å². The van der Waals surface area contributed by atoms with Crippen molar-refractivity contribution < 1.29 is 8.95 Å². The fourth-order valence-corrected chi connectivity index (χ4v) is 3.32. The van der Waals surface area contributed by atoms with Gasteiger partial charge in [-0.2, -0.15) is 0 Å². The van der Waals surface area contributed by atoms with Crippen molar-refractivity contribution in [3.63, 3.8) is 0 Å². The third-order valence-corrected chi connectivity index (χ3v) is 4.55. The van der Waals surface area contributed by atoms with Gasteiger partial charge in [0.05, 0.1) is 0 Å². The van der Waals surface area contributed by atoms with E-state index < -0.39 is 10.8 Å². The summed E-state index contributed by atoms with van der Waals surface area (Å²) >= 11 is 0. The van der Waals surface area contributed by atoms with Crippen LogP contribution < -0.4 is 5.73 Å². The summed E-state index contributed by atoms with van der Waals surface area (Å²) < 4.78 is 17.1. The molecule has 0 aromatic heterocycles. The van der Waals surface area contributed by atoms with Crippen molar-refractivity contribution in [3.8, 4) is 0 Å². The Morgan fingerprint density at radius 3 is 2.71 bits per heavy atom. The molecule has 1 rings (SSSR count). The van der Waals surface area contributed by atoms with E-state index >= 15 is 0 Å². The second-order valence-corrected chi connectivity index (χ2v) is 5.67. The van der Waals surface area contributed by atoms with Crippen LogP contribution in [0.15, 0.2) is 0 Å². The van der Waals surface area contributed by atoms with Gasteiger partial charge < -0.3 is 10.5 Å². The normalized spacial score (nSPS) is 23.3. The van der Waals surface area contributed by atoms with E-state index in [0.717, 1.165) is 38.9 Å². The number of ether oxygens (including phenoxy) is 1. The monoisotopic (exact) mass is 219 g/mol. The Labute approximate surface area is 88.8 Å². The maximum atomic E-state index is 11.9. The molecule has 2 unspecified atom stereocenters. The van der Waals surface area contributed by atoms with Crippen molar-refractivity contribution in [2.45, 2.75) is 43.9 Å². The topological polar surface area (TPSA) is 52.3 Å². The van der Waals surface area contributed by atoms with Gasteiger partial charge >= 0.3 is 0 Å². The molecule has 1 heterocycles. The maximum Gasteiger partial charge on any atom is 0.0477 e. The van der Waals surface area contributed by atoms with Crippen LogP contribution in [-0.2, 0) is 15.5 Å². The van der Waals surface area contributed by atoms with E-state index in [1.54, 1.807) is 0 Å². The van der Waals surface area contributed by atoms with Crippen LogP contribution in [-0.4, -0.2) is 34.5 Å². The van der Waals surface area contributed by atoms with Gasteiger partial charge in [-0.1, -0.05) is 13.3 Å². The predicted molar refractivity (Wildman–Crippen MR) is 59.7 cm³/mol. The van der Waals surface area contributed by atoms with Crippen molar-refractivity contribution >= 4 is 10.8 Å². The smallest absolute Gasteiger partial charge is 0.0477 e. The summed E-state index contributed by atoms with van der Waals surface area (Å²) in [4.78, 5) is 0. The standard InChI is InChI=1S/C10H21NO2S/c1-2-3-9(11)8-14(12)10-4-6-13-7-5-10/h9-10H,2-8,11H2,1H3. The summed E-state index contributed by atoms with van der Waals surface area (Å²) in [5.41, 5.74) is 5.87. The molecule has 0 amide bonds. The van der Waals surface area contributed by atoms with Gasteiger partial charge in [-0.3, -0.25) is 4.21 Å². The lowest BCUT2D eigenvalue weighted by atomic mass is 10.2. The van der Waals surface area contributed by atoms with Gasteiger partial charge in [0.1, 0.15) is 0 Å². The van der Waals surface area contributed by atoms with Gasteiger partial charge in [0.2, 0.25) is 0 Å². The lowest BCUT2D eigenvalue weighted by Gasteiger charge is -2.22. The summed E-state index contributed by atoms with van der Waals surface area (Å²) in [6.45, 7) is 3.63. The molecule has 1 fully saturated rings. The van der Waals surface area contributed by atoms with E-state index in [4.69, 9.17) is 10.5 Å². The largest absolute Gasteiger partial charge is 0.381 e. The molecule has 0 saturated carbocycles. The van der Waals surface area contributed by atoms with Crippen molar-refractivity contribution in [2.75, 3.05) is 19.0 Å². The second kappa shape index (κ2) is 6.53. The predicted octanol–water partition coefficient (Wildman–Crippen LogP) is 1.04. The first-order valence-electron chi connectivity index (χ1n) is 5.44. The second-order valence-electron chi connectivity index (χ2n) is 3.91. The molecule has 0 radical (unpaired) electrons. The van der Waals surface area contributed by atoms with E-state index in [2.05, 4.69) is 6.92 Å². The fourth-order valence-electron chi connectivity index (χ4n) is 1.74. The molecule has 0 bridgehead atoms. The number of hydrogen-bond donors (Lipinski definition) is 1. The zero-order valence-electron chi connectivity index (χ0n) is 8.91. The van der Waals surface area contributed by atoms with Gasteiger partial charge in [0.25, 0.3) is 0 Å². The molecule has 0 aromatic rings. The molecule has 0 aromatic carbocycles. The quantitative estimate of drug-likeness (QED) is 0.751. The Bertz CT molecular complexity index is 181. The molecular weight excluding hydrogens is 198 g/mol. The summed E-state index contributed by atoms with van der Waals surface area (Å²) in [6, 6.07) is 0.115. The average Bonchev–Trinajstić information content (AvgIpc) is 2.19. The van der Waals surface area contributed by atoms with Gasteiger partial charge in [0.15, 0.2) is 0 Å². The lowest BCUT2D eigenvalue weighted by Crippen LogP contribution is -2.33. The Morgan fingerprint density at radius 2 is 2.14 bits per heavy atom.